The lowest BCUT2D eigenvalue weighted by Gasteiger charge is -2.38. The van der Waals surface area contributed by atoms with Gasteiger partial charge in [0.1, 0.15) is 17.9 Å². The minimum absolute atomic E-state index is 0.0682. The first kappa shape index (κ1) is 22.1. The average Bonchev–Trinajstić information content (AvgIpc) is 2.93. The van der Waals surface area contributed by atoms with Crippen LogP contribution in [-0.4, -0.2) is 77.1 Å². The van der Waals surface area contributed by atoms with Crippen molar-refractivity contribution >= 4 is 17.7 Å². The van der Waals surface area contributed by atoms with Gasteiger partial charge in [-0.3, -0.25) is 4.79 Å². The SMILES string of the molecule is COc1ccc(-c2cc(N3CCC(C(=O)N4CCN(c5ncccn5)CC4)CC3)ncn2)cc1. The van der Waals surface area contributed by atoms with E-state index in [1.54, 1.807) is 25.8 Å². The molecular weight excluding hydrogens is 430 g/mol. The van der Waals surface area contributed by atoms with Gasteiger partial charge in [0.25, 0.3) is 0 Å². The molecule has 0 radical (unpaired) electrons. The van der Waals surface area contributed by atoms with Crippen LogP contribution in [0.15, 0.2) is 55.1 Å². The molecule has 4 heterocycles. The average molecular weight is 460 g/mol. The number of piperazine rings is 1. The maximum absolute atomic E-state index is 13.2. The second-order valence-electron chi connectivity index (χ2n) is 8.61. The van der Waals surface area contributed by atoms with Gasteiger partial charge in [-0.15, -0.1) is 0 Å². The molecule has 2 aromatic heterocycles. The maximum Gasteiger partial charge on any atom is 0.225 e. The fourth-order valence-corrected chi connectivity index (χ4v) is 4.63. The molecule has 2 aliphatic heterocycles. The van der Waals surface area contributed by atoms with Crippen LogP contribution in [0.25, 0.3) is 11.3 Å². The van der Waals surface area contributed by atoms with E-state index in [0.29, 0.717) is 13.1 Å². The zero-order valence-corrected chi connectivity index (χ0v) is 19.4. The number of ether oxygens (including phenoxy) is 1. The molecule has 0 spiro atoms. The number of amides is 1. The van der Waals surface area contributed by atoms with E-state index in [1.807, 2.05) is 41.3 Å². The molecule has 3 aromatic rings. The highest BCUT2D eigenvalue weighted by Gasteiger charge is 2.31. The number of carbonyl (C=O) groups is 1. The molecule has 0 atom stereocenters. The minimum atomic E-state index is 0.0682. The molecule has 0 unspecified atom stereocenters. The number of nitrogens with zero attached hydrogens (tertiary/aromatic N) is 7. The highest BCUT2D eigenvalue weighted by molar-refractivity contribution is 5.79. The molecule has 176 valence electrons. The number of rotatable bonds is 5. The van der Waals surface area contributed by atoms with Crippen LogP contribution in [-0.2, 0) is 4.79 Å². The van der Waals surface area contributed by atoms with Crippen molar-refractivity contribution < 1.29 is 9.53 Å². The van der Waals surface area contributed by atoms with Crippen LogP contribution in [0.2, 0.25) is 0 Å². The van der Waals surface area contributed by atoms with Crippen LogP contribution in [0.1, 0.15) is 12.8 Å². The highest BCUT2D eigenvalue weighted by Crippen LogP contribution is 2.27. The lowest BCUT2D eigenvalue weighted by molar-refractivity contribution is -0.136. The van der Waals surface area contributed by atoms with E-state index >= 15 is 0 Å². The van der Waals surface area contributed by atoms with E-state index in [-0.39, 0.29) is 11.8 Å². The lowest BCUT2D eigenvalue weighted by Crippen LogP contribution is -2.52. The third-order valence-corrected chi connectivity index (χ3v) is 6.63. The van der Waals surface area contributed by atoms with E-state index in [1.165, 1.54) is 0 Å². The van der Waals surface area contributed by atoms with Crippen LogP contribution in [0.4, 0.5) is 11.8 Å². The normalized spacial score (nSPS) is 17.0. The number of piperidine rings is 1. The van der Waals surface area contributed by atoms with Crippen molar-refractivity contribution in [2.45, 2.75) is 12.8 Å². The summed E-state index contributed by atoms with van der Waals surface area (Å²) in [6.07, 6.45) is 6.80. The van der Waals surface area contributed by atoms with Crippen molar-refractivity contribution in [3.63, 3.8) is 0 Å². The van der Waals surface area contributed by atoms with Gasteiger partial charge in [0, 0.05) is 69.2 Å². The standard InChI is InChI=1S/C25H29N7O2/c1-34-21-5-3-19(4-6-21)22-17-23(29-18-28-22)30-11-7-20(8-12-30)24(33)31-13-15-32(16-14-31)25-26-9-2-10-27-25/h2-6,9-10,17-18,20H,7-8,11-16H2,1H3. The minimum Gasteiger partial charge on any atom is -0.497 e. The van der Waals surface area contributed by atoms with Crippen molar-refractivity contribution in [2.75, 3.05) is 56.2 Å². The Bertz CT molecular complexity index is 1090. The monoisotopic (exact) mass is 459 g/mol. The van der Waals surface area contributed by atoms with Gasteiger partial charge in [0.05, 0.1) is 12.8 Å². The summed E-state index contributed by atoms with van der Waals surface area (Å²) < 4.78 is 5.24. The Morgan fingerprint density at radius 1 is 0.882 bits per heavy atom. The molecule has 2 aliphatic rings. The Labute approximate surface area is 199 Å². The zero-order chi connectivity index (χ0) is 23.3. The van der Waals surface area contributed by atoms with Gasteiger partial charge in [0.15, 0.2) is 0 Å². The second kappa shape index (κ2) is 10.0. The predicted octanol–water partition coefficient (Wildman–Crippen LogP) is 2.51. The van der Waals surface area contributed by atoms with Crippen LogP contribution in [0.3, 0.4) is 0 Å². The van der Waals surface area contributed by atoms with E-state index in [4.69, 9.17) is 4.74 Å². The first-order chi connectivity index (χ1) is 16.7. The largest absolute Gasteiger partial charge is 0.497 e. The predicted molar refractivity (Wildman–Crippen MR) is 130 cm³/mol. The number of methoxy groups -OCH3 is 1. The summed E-state index contributed by atoms with van der Waals surface area (Å²) in [7, 11) is 1.66. The Morgan fingerprint density at radius 2 is 1.59 bits per heavy atom. The van der Waals surface area contributed by atoms with E-state index < -0.39 is 0 Å². The van der Waals surface area contributed by atoms with Gasteiger partial charge in [0.2, 0.25) is 11.9 Å². The maximum atomic E-state index is 13.2. The van der Waals surface area contributed by atoms with Crippen LogP contribution < -0.4 is 14.5 Å². The quantitative estimate of drug-likeness (QED) is 0.575. The van der Waals surface area contributed by atoms with Gasteiger partial charge in [-0.2, -0.15) is 0 Å². The van der Waals surface area contributed by atoms with E-state index in [2.05, 4.69) is 29.7 Å². The Kier molecular flexibility index (Phi) is 6.51. The molecule has 9 heteroatoms. The summed E-state index contributed by atoms with van der Waals surface area (Å²) in [5.74, 6) is 2.80. The van der Waals surface area contributed by atoms with Crippen molar-refractivity contribution in [1.82, 2.24) is 24.8 Å². The topological polar surface area (TPSA) is 87.6 Å². The van der Waals surface area contributed by atoms with Gasteiger partial charge in [-0.1, -0.05) is 0 Å². The molecule has 34 heavy (non-hydrogen) atoms. The number of aromatic nitrogens is 4. The molecule has 5 rings (SSSR count). The first-order valence-corrected chi connectivity index (χ1v) is 11.7. The Balaban J connectivity index is 1.15. The first-order valence-electron chi connectivity index (χ1n) is 11.7. The summed E-state index contributed by atoms with van der Waals surface area (Å²) in [4.78, 5) is 37.1. The van der Waals surface area contributed by atoms with Gasteiger partial charge < -0.3 is 19.4 Å². The molecule has 1 amide bonds. The van der Waals surface area contributed by atoms with Crippen molar-refractivity contribution in [1.29, 1.82) is 0 Å². The number of hydrogen-bond donors (Lipinski definition) is 0. The van der Waals surface area contributed by atoms with Gasteiger partial charge >= 0.3 is 0 Å². The fourth-order valence-electron chi connectivity index (χ4n) is 4.63. The highest BCUT2D eigenvalue weighted by atomic mass is 16.5. The number of benzene rings is 1. The van der Waals surface area contributed by atoms with Gasteiger partial charge in [-0.25, -0.2) is 19.9 Å². The van der Waals surface area contributed by atoms with Crippen LogP contribution >= 0.6 is 0 Å². The summed E-state index contributed by atoms with van der Waals surface area (Å²) >= 11 is 0. The summed E-state index contributed by atoms with van der Waals surface area (Å²) in [6, 6.07) is 11.7. The van der Waals surface area contributed by atoms with Crippen LogP contribution in [0.5, 0.6) is 5.75 Å². The van der Waals surface area contributed by atoms with E-state index in [9.17, 15) is 4.79 Å². The molecule has 9 nitrogen and oxygen atoms in total. The number of anilines is 2. The molecule has 0 saturated carbocycles. The summed E-state index contributed by atoms with van der Waals surface area (Å²) in [5.41, 5.74) is 1.90. The van der Waals surface area contributed by atoms with Crippen molar-refractivity contribution in [2.24, 2.45) is 5.92 Å². The smallest absolute Gasteiger partial charge is 0.225 e. The fraction of sp³-hybridized carbons (Fsp3) is 0.400. The molecular formula is C25H29N7O2. The molecule has 2 fully saturated rings. The zero-order valence-electron chi connectivity index (χ0n) is 19.4. The molecule has 0 aliphatic carbocycles. The third kappa shape index (κ3) is 4.78. The molecule has 2 saturated heterocycles. The molecule has 0 N–H and O–H groups in total. The second-order valence-corrected chi connectivity index (χ2v) is 8.61. The van der Waals surface area contributed by atoms with Crippen LogP contribution in [0, 0.1) is 5.92 Å². The van der Waals surface area contributed by atoms with Gasteiger partial charge in [-0.05, 0) is 43.2 Å². The molecule has 1 aromatic carbocycles. The number of carbonyl (C=O) groups excluding carboxylic acids is 1. The van der Waals surface area contributed by atoms with Crippen molar-refractivity contribution in [3.05, 3.63) is 55.1 Å². The van der Waals surface area contributed by atoms with Crippen molar-refractivity contribution in [3.8, 4) is 17.0 Å². The third-order valence-electron chi connectivity index (χ3n) is 6.63. The lowest BCUT2D eigenvalue weighted by atomic mass is 9.95. The summed E-state index contributed by atoms with van der Waals surface area (Å²) in [5, 5.41) is 0. The van der Waals surface area contributed by atoms with E-state index in [0.717, 1.165) is 67.8 Å². The summed E-state index contributed by atoms with van der Waals surface area (Å²) in [6.45, 7) is 4.59. The molecule has 0 bridgehead atoms. The number of hydrogen-bond acceptors (Lipinski definition) is 8. The Morgan fingerprint density at radius 3 is 2.26 bits per heavy atom. The Hall–Kier alpha value is -3.75.